The third-order valence-electron chi connectivity index (χ3n) is 8.41. The molecule has 0 bridgehead atoms. The molecule has 204 valence electrons. The van der Waals surface area contributed by atoms with E-state index in [1.165, 1.54) is 16.2 Å². The first kappa shape index (κ1) is 25.4. The average Bonchev–Trinajstić information content (AvgIpc) is 3.50. The van der Waals surface area contributed by atoms with Crippen LogP contribution in [0.3, 0.4) is 0 Å². The first-order valence-electron chi connectivity index (χ1n) is 13.5. The van der Waals surface area contributed by atoms with Crippen LogP contribution < -0.4 is 15.2 Å². The Morgan fingerprint density at radius 3 is 2.32 bits per heavy atom. The van der Waals surface area contributed by atoms with Crippen LogP contribution >= 0.6 is 11.3 Å². The minimum Gasteiger partial charge on any atom is -0.450 e. The number of fused-ring (bicyclic) bond motifs is 5. The van der Waals surface area contributed by atoms with Gasteiger partial charge in [-0.15, -0.1) is 11.3 Å². The lowest BCUT2D eigenvalue weighted by Crippen LogP contribution is -2.53. The summed E-state index contributed by atoms with van der Waals surface area (Å²) in [6.45, 7) is 9.94. The fourth-order valence-corrected chi connectivity index (χ4v) is 6.96. The molecule has 0 saturated carbocycles. The Labute approximate surface area is 240 Å². The standard InChI is InChI=1S/C33H27N3O4S/c1-17-10-12-22(13-11-17)16-35-25-9-7-6-8-24(25)33(31(35)39)27-28(37)23-14-18(2)19(3)15-26(23)40-29(27)30(38)36(33)32-34-20(4)21(5)41-32/h6-15H,16H2,1-5H3. The maximum atomic E-state index is 15.0. The van der Waals surface area contributed by atoms with Gasteiger partial charge >= 0.3 is 0 Å². The lowest BCUT2D eigenvalue weighted by atomic mass is 9.84. The van der Waals surface area contributed by atoms with Crippen LogP contribution in [0.25, 0.3) is 11.0 Å². The molecular weight excluding hydrogens is 534 g/mol. The van der Waals surface area contributed by atoms with Crippen LogP contribution in [0, 0.1) is 34.6 Å². The Balaban J connectivity index is 1.57. The molecule has 1 atom stereocenters. The third kappa shape index (κ3) is 3.37. The summed E-state index contributed by atoms with van der Waals surface area (Å²) in [4.78, 5) is 52.5. The van der Waals surface area contributed by atoms with E-state index in [0.717, 1.165) is 32.8 Å². The fraction of sp³-hybridized carbons (Fsp3) is 0.212. The van der Waals surface area contributed by atoms with E-state index in [-0.39, 0.29) is 29.2 Å². The average molecular weight is 562 g/mol. The number of anilines is 2. The fourth-order valence-electron chi connectivity index (χ4n) is 6.00. The Hall–Kier alpha value is -4.56. The summed E-state index contributed by atoms with van der Waals surface area (Å²) in [5, 5.41) is 0.696. The van der Waals surface area contributed by atoms with Crippen molar-refractivity contribution in [2.24, 2.45) is 0 Å². The number of rotatable bonds is 3. The molecular formula is C33H27N3O4S. The monoisotopic (exact) mass is 561 g/mol. The number of para-hydroxylation sites is 1. The largest absolute Gasteiger partial charge is 0.450 e. The first-order chi connectivity index (χ1) is 19.6. The lowest BCUT2D eigenvalue weighted by molar-refractivity contribution is -0.121. The van der Waals surface area contributed by atoms with E-state index in [0.29, 0.717) is 27.4 Å². The zero-order chi connectivity index (χ0) is 28.8. The van der Waals surface area contributed by atoms with Gasteiger partial charge in [-0.2, -0.15) is 0 Å². The topological polar surface area (TPSA) is 83.7 Å². The molecule has 0 fully saturated rings. The predicted molar refractivity (Wildman–Crippen MR) is 160 cm³/mol. The minimum absolute atomic E-state index is 0.0487. The molecule has 3 aromatic carbocycles. The summed E-state index contributed by atoms with van der Waals surface area (Å²) >= 11 is 1.32. The molecule has 7 rings (SSSR count). The summed E-state index contributed by atoms with van der Waals surface area (Å²) < 4.78 is 6.25. The SMILES string of the molecule is Cc1ccc(CN2C(=O)C3(c4ccccc42)c2c(oc4cc(C)c(C)cc4c2=O)C(=O)N3c2nc(C)c(C)s2)cc1. The molecule has 2 aromatic heterocycles. The molecule has 2 aliphatic heterocycles. The van der Waals surface area contributed by atoms with Gasteiger partial charge in [0.2, 0.25) is 5.76 Å². The summed E-state index contributed by atoms with van der Waals surface area (Å²) in [6.07, 6.45) is 0. The van der Waals surface area contributed by atoms with E-state index in [4.69, 9.17) is 9.40 Å². The van der Waals surface area contributed by atoms with Crippen molar-refractivity contribution in [3.05, 3.63) is 121 Å². The van der Waals surface area contributed by atoms with Crippen LogP contribution in [0.5, 0.6) is 0 Å². The molecule has 1 unspecified atom stereocenters. The van der Waals surface area contributed by atoms with Crippen molar-refractivity contribution < 1.29 is 14.0 Å². The van der Waals surface area contributed by atoms with Crippen LogP contribution in [0.2, 0.25) is 0 Å². The number of nitrogens with zero attached hydrogens (tertiary/aromatic N) is 3. The molecule has 0 N–H and O–H groups in total. The molecule has 7 nitrogen and oxygen atoms in total. The van der Waals surface area contributed by atoms with Gasteiger partial charge in [0.25, 0.3) is 11.8 Å². The van der Waals surface area contributed by atoms with Crippen LogP contribution in [0.15, 0.2) is 69.9 Å². The zero-order valence-electron chi connectivity index (χ0n) is 23.4. The van der Waals surface area contributed by atoms with Gasteiger partial charge in [0, 0.05) is 10.4 Å². The van der Waals surface area contributed by atoms with Crippen molar-refractivity contribution in [1.29, 1.82) is 0 Å². The van der Waals surface area contributed by atoms with E-state index in [2.05, 4.69) is 0 Å². The number of hydrogen-bond acceptors (Lipinski definition) is 6. The van der Waals surface area contributed by atoms with E-state index >= 15 is 0 Å². The highest BCUT2D eigenvalue weighted by Crippen LogP contribution is 2.55. The molecule has 2 aliphatic rings. The number of hydrogen-bond donors (Lipinski definition) is 0. The summed E-state index contributed by atoms with van der Waals surface area (Å²) in [7, 11) is 0. The van der Waals surface area contributed by atoms with Crippen LogP contribution in [0.1, 0.15) is 54.5 Å². The molecule has 4 heterocycles. The summed E-state index contributed by atoms with van der Waals surface area (Å²) in [6, 6.07) is 18.9. The van der Waals surface area contributed by atoms with Crippen molar-refractivity contribution in [3.63, 3.8) is 0 Å². The van der Waals surface area contributed by atoms with Gasteiger partial charge in [0.15, 0.2) is 16.1 Å². The molecule has 41 heavy (non-hydrogen) atoms. The van der Waals surface area contributed by atoms with E-state index < -0.39 is 11.4 Å². The number of aromatic nitrogens is 1. The van der Waals surface area contributed by atoms with Gasteiger partial charge in [0.05, 0.1) is 28.9 Å². The van der Waals surface area contributed by atoms with E-state index in [1.54, 1.807) is 17.0 Å². The second-order valence-corrected chi connectivity index (χ2v) is 12.1. The smallest absolute Gasteiger partial charge is 0.297 e. The van der Waals surface area contributed by atoms with Crippen molar-refractivity contribution in [2.75, 3.05) is 9.80 Å². The first-order valence-corrected chi connectivity index (χ1v) is 14.3. The van der Waals surface area contributed by atoms with Crippen LogP contribution in [-0.2, 0) is 16.9 Å². The Morgan fingerprint density at radius 1 is 0.902 bits per heavy atom. The van der Waals surface area contributed by atoms with Gasteiger partial charge in [-0.25, -0.2) is 4.98 Å². The molecule has 0 aliphatic carbocycles. The number of carbonyl (C=O) groups is 2. The maximum Gasteiger partial charge on any atom is 0.297 e. The van der Waals surface area contributed by atoms with Gasteiger partial charge in [-0.1, -0.05) is 48.0 Å². The normalized spacial score (nSPS) is 17.7. The maximum absolute atomic E-state index is 15.0. The highest BCUT2D eigenvalue weighted by Gasteiger charge is 2.66. The van der Waals surface area contributed by atoms with Gasteiger partial charge < -0.3 is 9.32 Å². The molecule has 2 amide bonds. The quantitative estimate of drug-likeness (QED) is 0.260. The molecule has 8 heteroatoms. The Bertz CT molecular complexity index is 1990. The van der Waals surface area contributed by atoms with Crippen LogP contribution in [0.4, 0.5) is 10.8 Å². The second-order valence-electron chi connectivity index (χ2n) is 11.0. The summed E-state index contributed by atoms with van der Waals surface area (Å²) in [5.74, 6) is -1.05. The lowest BCUT2D eigenvalue weighted by Gasteiger charge is -2.32. The minimum atomic E-state index is -1.75. The Morgan fingerprint density at radius 2 is 1.61 bits per heavy atom. The molecule has 0 saturated heterocycles. The number of aryl methyl sites for hydroxylation is 5. The van der Waals surface area contributed by atoms with Crippen molar-refractivity contribution in [3.8, 4) is 0 Å². The van der Waals surface area contributed by atoms with E-state index in [1.807, 2.05) is 83.1 Å². The van der Waals surface area contributed by atoms with Gasteiger partial charge in [-0.05, 0) is 69.5 Å². The number of benzene rings is 3. The van der Waals surface area contributed by atoms with Crippen molar-refractivity contribution in [2.45, 2.75) is 46.7 Å². The molecule has 5 aromatic rings. The number of carbonyl (C=O) groups excluding carboxylic acids is 2. The van der Waals surface area contributed by atoms with Crippen LogP contribution in [-0.4, -0.2) is 16.8 Å². The van der Waals surface area contributed by atoms with E-state index in [9.17, 15) is 14.4 Å². The number of amides is 2. The Kier molecular flexibility index (Phi) is 5.40. The summed E-state index contributed by atoms with van der Waals surface area (Å²) in [5.41, 5.74) is 4.11. The molecule has 0 radical (unpaired) electrons. The van der Waals surface area contributed by atoms with Crippen molar-refractivity contribution >= 4 is 44.9 Å². The molecule has 1 spiro atoms. The van der Waals surface area contributed by atoms with Gasteiger partial charge in [0.1, 0.15) is 5.58 Å². The predicted octanol–water partition coefficient (Wildman–Crippen LogP) is 6.24. The highest BCUT2D eigenvalue weighted by atomic mass is 32.1. The van der Waals surface area contributed by atoms with Crippen molar-refractivity contribution in [1.82, 2.24) is 4.98 Å². The second kappa shape index (κ2) is 8.72. The third-order valence-corrected chi connectivity index (χ3v) is 9.47. The van der Waals surface area contributed by atoms with Gasteiger partial charge in [-0.3, -0.25) is 19.3 Å². The highest BCUT2D eigenvalue weighted by molar-refractivity contribution is 7.16. The zero-order valence-corrected chi connectivity index (χ0v) is 24.2. The number of thiazole rings is 1.